The van der Waals surface area contributed by atoms with E-state index in [0.29, 0.717) is 5.56 Å². The van der Waals surface area contributed by atoms with Crippen LogP contribution in [-0.2, 0) is 4.74 Å². The van der Waals surface area contributed by atoms with Gasteiger partial charge >= 0.3 is 5.97 Å². The van der Waals surface area contributed by atoms with Gasteiger partial charge < -0.3 is 10.5 Å². The molecule has 3 heteroatoms. The smallest absolute Gasteiger partial charge is 0.337 e. The van der Waals surface area contributed by atoms with E-state index < -0.39 is 0 Å². The molecule has 0 saturated heterocycles. The third-order valence-corrected chi connectivity index (χ3v) is 2.85. The Morgan fingerprint density at radius 3 is 2.82 bits per heavy atom. The van der Waals surface area contributed by atoms with E-state index in [9.17, 15) is 4.79 Å². The number of hydrogen-bond acceptors (Lipinski definition) is 3. The Labute approximate surface area is 103 Å². The van der Waals surface area contributed by atoms with E-state index in [1.807, 2.05) is 18.2 Å². The van der Waals surface area contributed by atoms with Crippen LogP contribution in [0.2, 0.25) is 0 Å². The highest BCUT2D eigenvalue weighted by Gasteiger charge is 2.10. The summed E-state index contributed by atoms with van der Waals surface area (Å²) in [4.78, 5) is 11.4. The Morgan fingerprint density at radius 1 is 1.41 bits per heavy atom. The minimum absolute atomic E-state index is 0.00570. The minimum atomic E-state index is -0.312. The van der Waals surface area contributed by atoms with Gasteiger partial charge in [-0.15, -0.1) is 0 Å². The molecule has 0 unspecified atom stereocenters. The Morgan fingerprint density at radius 2 is 2.18 bits per heavy atom. The van der Waals surface area contributed by atoms with E-state index in [-0.39, 0.29) is 12.0 Å². The number of carbonyl (C=O) groups excluding carboxylic acids is 1. The molecule has 94 valence electrons. The zero-order valence-corrected chi connectivity index (χ0v) is 10.6. The lowest BCUT2D eigenvalue weighted by atomic mass is 9.99. The van der Waals surface area contributed by atoms with Crippen molar-refractivity contribution in [3.05, 3.63) is 35.4 Å². The Balaban J connectivity index is 2.67. The van der Waals surface area contributed by atoms with Crippen molar-refractivity contribution in [3.8, 4) is 0 Å². The van der Waals surface area contributed by atoms with Crippen molar-refractivity contribution in [3.63, 3.8) is 0 Å². The van der Waals surface area contributed by atoms with Gasteiger partial charge in [-0.3, -0.25) is 0 Å². The summed E-state index contributed by atoms with van der Waals surface area (Å²) in [6.45, 7) is 2.17. The summed E-state index contributed by atoms with van der Waals surface area (Å²) in [5, 5.41) is 0. The molecular weight excluding hydrogens is 214 g/mol. The number of unbranched alkanes of at least 4 members (excludes halogenated alkanes) is 2. The van der Waals surface area contributed by atoms with Crippen molar-refractivity contribution in [2.45, 2.75) is 38.6 Å². The Hall–Kier alpha value is -1.35. The summed E-state index contributed by atoms with van der Waals surface area (Å²) >= 11 is 0. The maximum atomic E-state index is 11.4. The summed E-state index contributed by atoms with van der Waals surface area (Å²) in [6, 6.07) is 7.38. The molecule has 0 bridgehead atoms. The van der Waals surface area contributed by atoms with Gasteiger partial charge in [0, 0.05) is 6.04 Å². The summed E-state index contributed by atoms with van der Waals surface area (Å²) in [5.41, 5.74) is 7.66. The molecule has 0 spiro atoms. The van der Waals surface area contributed by atoms with Gasteiger partial charge in [-0.2, -0.15) is 0 Å². The third kappa shape index (κ3) is 4.19. The fourth-order valence-electron chi connectivity index (χ4n) is 1.80. The lowest BCUT2D eigenvalue weighted by Gasteiger charge is -2.12. The van der Waals surface area contributed by atoms with Crippen molar-refractivity contribution in [1.82, 2.24) is 0 Å². The highest BCUT2D eigenvalue weighted by atomic mass is 16.5. The molecule has 0 fully saturated rings. The first kappa shape index (κ1) is 13.7. The maximum Gasteiger partial charge on any atom is 0.337 e. The molecule has 1 aromatic rings. The fraction of sp³-hybridized carbons (Fsp3) is 0.500. The fourth-order valence-corrected chi connectivity index (χ4v) is 1.80. The highest BCUT2D eigenvalue weighted by Crippen LogP contribution is 2.18. The van der Waals surface area contributed by atoms with Crippen molar-refractivity contribution in [1.29, 1.82) is 0 Å². The molecule has 0 aliphatic rings. The Kier molecular flexibility index (Phi) is 5.70. The lowest BCUT2D eigenvalue weighted by Crippen LogP contribution is -2.11. The molecular formula is C14H21NO2. The molecule has 1 rings (SSSR count). The second kappa shape index (κ2) is 7.07. The molecule has 3 nitrogen and oxygen atoms in total. The molecule has 1 atom stereocenters. The largest absolute Gasteiger partial charge is 0.465 e. The van der Waals surface area contributed by atoms with Crippen molar-refractivity contribution in [2.75, 3.05) is 7.11 Å². The molecule has 0 aliphatic carbocycles. The summed E-state index contributed by atoms with van der Waals surface area (Å²) < 4.78 is 4.69. The number of rotatable bonds is 6. The minimum Gasteiger partial charge on any atom is -0.465 e. The van der Waals surface area contributed by atoms with Gasteiger partial charge in [-0.1, -0.05) is 38.3 Å². The van der Waals surface area contributed by atoms with Crippen molar-refractivity contribution >= 4 is 5.97 Å². The van der Waals surface area contributed by atoms with Gasteiger partial charge in [-0.05, 0) is 24.1 Å². The third-order valence-electron chi connectivity index (χ3n) is 2.85. The first-order valence-corrected chi connectivity index (χ1v) is 6.13. The average molecular weight is 235 g/mol. The molecule has 0 aromatic heterocycles. The van der Waals surface area contributed by atoms with E-state index in [2.05, 4.69) is 11.7 Å². The Bertz CT molecular complexity index is 363. The highest BCUT2D eigenvalue weighted by molar-refractivity contribution is 5.89. The maximum absolute atomic E-state index is 11.4. The van der Waals surface area contributed by atoms with Crippen LogP contribution in [0.5, 0.6) is 0 Å². The molecule has 0 amide bonds. The van der Waals surface area contributed by atoms with Crippen LogP contribution >= 0.6 is 0 Å². The van der Waals surface area contributed by atoms with Crippen LogP contribution in [0.25, 0.3) is 0 Å². The molecule has 0 radical (unpaired) electrons. The predicted molar refractivity (Wildman–Crippen MR) is 68.9 cm³/mol. The molecule has 1 aromatic carbocycles. The number of benzene rings is 1. The van der Waals surface area contributed by atoms with Gasteiger partial charge in [0.05, 0.1) is 12.7 Å². The summed E-state index contributed by atoms with van der Waals surface area (Å²) in [5.74, 6) is -0.312. The van der Waals surface area contributed by atoms with E-state index in [4.69, 9.17) is 5.73 Å². The van der Waals surface area contributed by atoms with E-state index in [1.54, 1.807) is 6.07 Å². The van der Waals surface area contributed by atoms with Gasteiger partial charge in [0.25, 0.3) is 0 Å². The van der Waals surface area contributed by atoms with Crippen LogP contribution in [0.15, 0.2) is 24.3 Å². The zero-order valence-electron chi connectivity index (χ0n) is 10.6. The normalized spacial score (nSPS) is 12.2. The van der Waals surface area contributed by atoms with Crippen LogP contribution in [-0.4, -0.2) is 13.1 Å². The molecule has 0 aliphatic heterocycles. The van der Waals surface area contributed by atoms with Crippen LogP contribution in [0.4, 0.5) is 0 Å². The van der Waals surface area contributed by atoms with Crippen molar-refractivity contribution < 1.29 is 9.53 Å². The van der Waals surface area contributed by atoms with E-state index >= 15 is 0 Å². The molecule has 0 saturated carbocycles. The first-order chi connectivity index (χ1) is 8.19. The van der Waals surface area contributed by atoms with Crippen molar-refractivity contribution in [2.24, 2.45) is 5.73 Å². The predicted octanol–water partition coefficient (Wildman–Crippen LogP) is 3.05. The molecule has 2 N–H and O–H groups in total. The topological polar surface area (TPSA) is 52.3 Å². The SMILES string of the molecule is CCCCC[C@H](N)c1cccc(C(=O)OC)c1. The van der Waals surface area contributed by atoms with Crippen LogP contribution in [0, 0.1) is 0 Å². The van der Waals surface area contributed by atoms with E-state index in [1.165, 1.54) is 20.0 Å². The van der Waals surface area contributed by atoms with Gasteiger partial charge in [0.2, 0.25) is 0 Å². The number of nitrogens with two attached hydrogens (primary N) is 1. The number of hydrogen-bond donors (Lipinski definition) is 1. The molecule has 0 heterocycles. The zero-order chi connectivity index (χ0) is 12.7. The monoisotopic (exact) mass is 235 g/mol. The number of methoxy groups -OCH3 is 1. The summed E-state index contributed by atoms with van der Waals surface area (Å²) in [6.07, 6.45) is 4.47. The second-order valence-electron chi connectivity index (χ2n) is 4.22. The van der Waals surface area contributed by atoms with E-state index in [0.717, 1.165) is 18.4 Å². The first-order valence-electron chi connectivity index (χ1n) is 6.13. The summed E-state index contributed by atoms with van der Waals surface area (Å²) in [7, 11) is 1.39. The van der Waals surface area contributed by atoms with Gasteiger partial charge in [0.1, 0.15) is 0 Å². The number of ether oxygens (including phenoxy) is 1. The average Bonchev–Trinajstić information content (AvgIpc) is 2.38. The number of esters is 1. The van der Waals surface area contributed by atoms with Crippen LogP contribution < -0.4 is 5.73 Å². The van der Waals surface area contributed by atoms with Gasteiger partial charge in [-0.25, -0.2) is 4.79 Å². The van der Waals surface area contributed by atoms with Gasteiger partial charge in [0.15, 0.2) is 0 Å². The molecule has 17 heavy (non-hydrogen) atoms. The quantitative estimate of drug-likeness (QED) is 0.609. The standard InChI is InChI=1S/C14H21NO2/c1-3-4-5-9-13(15)11-7-6-8-12(10-11)14(16)17-2/h6-8,10,13H,3-5,9,15H2,1-2H3/t13-/m0/s1. The van der Waals surface area contributed by atoms with Crippen LogP contribution in [0.1, 0.15) is 54.6 Å². The lowest BCUT2D eigenvalue weighted by molar-refractivity contribution is 0.0600. The number of carbonyl (C=O) groups is 1. The second-order valence-corrected chi connectivity index (χ2v) is 4.22. The van der Waals surface area contributed by atoms with Crippen LogP contribution in [0.3, 0.4) is 0 Å².